The number of benzene rings is 1. The van der Waals surface area contributed by atoms with E-state index in [2.05, 4.69) is 28.2 Å². The van der Waals surface area contributed by atoms with Gasteiger partial charge in [0, 0.05) is 49.5 Å². The highest BCUT2D eigenvalue weighted by molar-refractivity contribution is 7.07. The second-order valence-corrected chi connectivity index (χ2v) is 7.38. The lowest BCUT2D eigenvalue weighted by atomic mass is 10.1. The minimum atomic E-state index is -0.180. The number of nitrogens with one attached hydrogen (secondary N) is 1. The molecule has 1 N–H and O–H groups in total. The zero-order valence-corrected chi connectivity index (χ0v) is 15.5. The van der Waals surface area contributed by atoms with Crippen molar-refractivity contribution >= 4 is 22.9 Å². The van der Waals surface area contributed by atoms with Crippen LogP contribution in [-0.2, 0) is 17.9 Å². The number of amides is 1. The van der Waals surface area contributed by atoms with Crippen LogP contribution in [0.2, 0.25) is 0 Å². The van der Waals surface area contributed by atoms with Crippen molar-refractivity contribution in [2.24, 2.45) is 0 Å². The summed E-state index contributed by atoms with van der Waals surface area (Å²) < 4.78 is 1.49. The number of piperazine rings is 1. The molecular weight excluding hydrogens is 336 g/mol. The number of hydrogen-bond donors (Lipinski definition) is 1. The lowest BCUT2D eigenvalue weighted by Crippen LogP contribution is -2.43. The average Bonchev–Trinajstić information content (AvgIpc) is 2.89. The number of likely N-dealkylation sites (N-methyl/N-ethyl adjacent to an activating group) is 1. The minimum Gasteiger partial charge on any atom is -0.325 e. The molecule has 0 radical (unpaired) electrons. The van der Waals surface area contributed by atoms with Gasteiger partial charge in [0.1, 0.15) is 6.54 Å². The van der Waals surface area contributed by atoms with Crippen LogP contribution < -0.4 is 10.2 Å². The largest absolute Gasteiger partial charge is 0.325 e. The van der Waals surface area contributed by atoms with Gasteiger partial charge in [0.2, 0.25) is 5.91 Å². The molecule has 7 heteroatoms. The van der Waals surface area contributed by atoms with E-state index in [0.717, 1.165) is 55.4 Å². The molecule has 3 rings (SSSR count). The molecule has 6 nitrogen and oxygen atoms in total. The van der Waals surface area contributed by atoms with Crippen LogP contribution in [0.3, 0.4) is 0 Å². The lowest BCUT2D eigenvalue weighted by molar-refractivity contribution is -0.116. The Labute approximate surface area is 151 Å². The number of hydrogen-bond acceptors (Lipinski definition) is 5. The molecule has 134 valence electrons. The molecule has 0 bridgehead atoms. The van der Waals surface area contributed by atoms with E-state index >= 15 is 0 Å². The van der Waals surface area contributed by atoms with E-state index < -0.39 is 0 Å². The molecule has 0 spiro atoms. The molecule has 1 aromatic heterocycles. The highest BCUT2D eigenvalue weighted by atomic mass is 32.1. The molecule has 1 saturated heterocycles. The first-order valence-corrected chi connectivity index (χ1v) is 9.34. The molecule has 1 fully saturated rings. The van der Waals surface area contributed by atoms with Crippen LogP contribution in [0.1, 0.15) is 11.3 Å². The first-order chi connectivity index (χ1) is 12.0. The van der Waals surface area contributed by atoms with Gasteiger partial charge in [-0.2, -0.15) is 0 Å². The SMILES string of the molecule is Cc1csc(=O)n1CC(=O)Nc1cccc(CN2CCN(C)CC2)c1. The summed E-state index contributed by atoms with van der Waals surface area (Å²) in [7, 11) is 2.15. The Balaban J connectivity index is 1.59. The molecule has 2 heterocycles. The third-order valence-electron chi connectivity index (χ3n) is 4.49. The van der Waals surface area contributed by atoms with Crippen molar-refractivity contribution in [2.75, 3.05) is 38.5 Å². The Hall–Kier alpha value is -1.96. The third-order valence-corrected chi connectivity index (χ3v) is 5.37. The number of aryl methyl sites for hydroxylation is 1. The van der Waals surface area contributed by atoms with Gasteiger partial charge in [-0.15, -0.1) is 0 Å². The van der Waals surface area contributed by atoms with E-state index in [1.807, 2.05) is 25.1 Å². The Kier molecular flexibility index (Phi) is 5.67. The van der Waals surface area contributed by atoms with E-state index in [1.165, 1.54) is 10.1 Å². The summed E-state index contributed by atoms with van der Waals surface area (Å²) in [5.41, 5.74) is 2.78. The second-order valence-electron chi connectivity index (χ2n) is 6.56. The Morgan fingerprint density at radius 2 is 2.00 bits per heavy atom. The maximum atomic E-state index is 12.2. The van der Waals surface area contributed by atoms with Gasteiger partial charge < -0.3 is 10.2 Å². The molecule has 1 aliphatic rings. The summed E-state index contributed by atoms with van der Waals surface area (Å²) in [5.74, 6) is -0.180. The summed E-state index contributed by atoms with van der Waals surface area (Å²) in [6, 6.07) is 7.94. The zero-order chi connectivity index (χ0) is 17.8. The molecule has 1 amide bonds. The van der Waals surface area contributed by atoms with Crippen LogP contribution in [0.15, 0.2) is 34.4 Å². The van der Waals surface area contributed by atoms with Gasteiger partial charge in [0.05, 0.1) is 0 Å². The van der Waals surface area contributed by atoms with Gasteiger partial charge in [-0.3, -0.25) is 19.1 Å². The number of nitrogens with zero attached hydrogens (tertiary/aromatic N) is 3. The summed E-state index contributed by atoms with van der Waals surface area (Å²) in [5, 5.41) is 4.67. The number of carbonyl (C=O) groups excluding carboxylic acids is 1. The highest BCUT2D eigenvalue weighted by Gasteiger charge is 2.14. The van der Waals surface area contributed by atoms with Crippen molar-refractivity contribution in [1.29, 1.82) is 0 Å². The Bertz CT molecular complexity index is 790. The van der Waals surface area contributed by atoms with Gasteiger partial charge in [-0.05, 0) is 31.7 Å². The first-order valence-electron chi connectivity index (χ1n) is 8.46. The summed E-state index contributed by atoms with van der Waals surface area (Å²) in [4.78, 5) is 28.6. The van der Waals surface area contributed by atoms with E-state index in [4.69, 9.17) is 0 Å². The normalized spacial score (nSPS) is 16.1. The fourth-order valence-electron chi connectivity index (χ4n) is 2.95. The van der Waals surface area contributed by atoms with Gasteiger partial charge in [0.15, 0.2) is 0 Å². The average molecular weight is 360 g/mol. The van der Waals surface area contributed by atoms with Crippen LogP contribution in [0.5, 0.6) is 0 Å². The van der Waals surface area contributed by atoms with E-state index in [-0.39, 0.29) is 17.3 Å². The predicted molar refractivity (Wildman–Crippen MR) is 101 cm³/mol. The van der Waals surface area contributed by atoms with Crippen molar-refractivity contribution in [2.45, 2.75) is 20.0 Å². The van der Waals surface area contributed by atoms with Crippen LogP contribution in [0.25, 0.3) is 0 Å². The number of rotatable bonds is 5. The molecule has 0 aliphatic carbocycles. The van der Waals surface area contributed by atoms with Crippen molar-refractivity contribution in [3.63, 3.8) is 0 Å². The standard InChI is InChI=1S/C18H24N4O2S/c1-14-13-25-18(24)22(14)12-17(23)19-16-5-3-4-15(10-16)11-21-8-6-20(2)7-9-21/h3-5,10,13H,6-9,11-12H2,1-2H3,(H,19,23). The maximum absolute atomic E-state index is 12.2. The van der Waals surface area contributed by atoms with Gasteiger partial charge in [-0.25, -0.2) is 0 Å². The van der Waals surface area contributed by atoms with Crippen molar-refractivity contribution < 1.29 is 4.79 Å². The summed E-state index contributed by atoms with van der Waals surface area (Å²) in [6.07, 6.45) is 0. The minimum absolute atomic E-state index is 0.0524. The van der Waals surface area contributed by atoms with Crippen molar-refractivity contribution in [3.05, 3.63) is 50.6 Å². The van der Waals surface area contributed by atoms with Crippen molar-refractivity contribution in [3.8, 4) is 0 Å². The smallest absolute Gasteiger partial charge is 0.307 e. The van der Waals surface area contributed by atoms with Crippen LogP contribution in [0.4, 0.5) is 5.69 Å². The molecule has 0 unspecified atom stereocenters. The lowest BCUT2D eigenvalue weighted by Gasteiger charge is -2.32. The molecule has 0 saturated carbocycles. The Morgan fingerprint density at radius 3 is 2.68 bits per heavy atom. The molecular formula is C18H24N4O2S. The molecule has 2 aromatic rings. The van der Waals surface area contributed by atoms with E-state index in [0.29, 0.717) is 0 Å². The number of thiazole rings is 1. The zero-order valence-electron chi connectivity index (χ0n) is 14.7. The first kappa shape index (κ1) is 17.8. The van der Waals surface area contributed by atoms with Crippen LogP contribution in [-0.4, -0.2) is 53.5 Å². The van der Waals surface area contributed by atoms with Gasteiger partial charge in [0.25, 0.3) is 0 Å². The quantitative estimate of drug-likeness (QED) is 0.880. The number of aromatic nitrogens is 1. The van der Waals surface area contributed by atoms with Crippen LogP contribution >= 0.6 is 11.3 Å². The fourth-order valence-corrected chi connectivity index (χ4v) is 3.69. The third kappa shape index (κ3) is 4.78. The highest BCUT2D eigenvalue weighted by Crippen LogP contribution is 2.14. The molecule has 1 aromatic carbocycles. The predicted octanol–water partition coefficient (Wildman–Crippen LogP) is 1.60. The molecule has 1 aliphatic heterocycles. The van der Waals surface area contributed by atoms with Crippen molar-refractivity contribution in [1.82, 2.24) is 14.4 Å². The monoisotopic (exact) mass is 360 g/mol. The topological polar surface area (TPSA) is 57.6 Å². The maximum Gasteiger partial charge on any atom is 0.307 e. The molecule has 0 atom stereocenters. The summed E-state index contributed by atoms with van der Waals surface area (Å²) >= 11 is 1.12. The summed E-state index contributed by atoms with van der Waals surface area (Å²) in [6.45, 7) is 7.08. The van der Waals surface area contributed by atoms with Crippen LogP contribution in [0, 0.1) is 6.92 Å². The van der Waals surface area contributed by atoms with Gasteiger partial charge in [-0.1, -0.05) is 23.5 Å². The fraction of sp³-hybridized carbons (Fsp3) is 0.444. The number of anilines is 1. The number of carbonyl (C=O) groups is 1. The molecule has 25 heavy (non-hydrogen) atoms. The van der Waals surface area contributed by atoms with Gasteiger partial charge >= 0.3 is 4.87 Å². The Morgan fingerprint density at radius 1 is 1.24 bits per heavy atom. The van der Waals surface area contributed by atoms with E-state index in [9.17, 15) is 9.59 Å². The second kappa shape index (κ2) is 7.95. The van der Waals surface area contributed by atoms with E-state index in [1.54, 1.807) is 5.38 Å².